The smallest absolute Gasteiger partial charge is 0.335 e. The average Bonchev–Trinajstić information content (AvgIpc) is 2.71. The molecular weight excluding hydrogens is 436 g/mol. The number of barbiturate groups is 1. The molecule has 0 saturated carbocycles. The minimum Gasteiger partial charge on any atom is -0.480 e. The second-order valence-corrected chi connectivity index (χ2v) is 7.07. The molecule has 2 aromatic rings. The van der Waals surface area contributed by atoms with E-state index in [-0.39, 0.29) is 12.2 Å². The van der Waals surface area contributed by atoms with Gasteiger partial charge in [-0.1, -0.05) is 40.9 Å². The van der Waals surface area contributed by atoms with E-state index >= 15 is 0 Å². The summed E-state index contributed by atoms with van der Waals surface area (Å²) in [6, 6.07) is 11.3. The highest BCUT2D eigenvalue weighted by Crippen LogP contribution is 2.28. The molecule has 1 N–H and O–H groups in total. The van der Waals surface area contributed by atoms with Gasteiger partial charge in [0.1, 0.15) is 17.9 Å². The van der Waals surface area contributed by atoms with E-state index in [4.69, 9.17) is 11.2 Å². The predicted octanol–water partition coefficient (Wildman–Crippen LogP) is 3.69. The molecule has 0 atom stereocenters. The van der Waals surface area contributed by atoms with Crippen molar-refractivity contribution in [2.24, 2.45) is 0 Å². The molecule has 6 nitrogen and oxygen atoms in total. The van der Waals surface area contributed by atoms with Gasteiger partial charge in [0, 0.05) is 10.0 Å². The van der Waals surface area contributed by atoms with Crippen LogP contribution in [0.1, 0.15) is 18.1 Å². The van der Waals surface area contributed by atoms with Crippen molar-refractivity contribution in [2.75, 3.05) is 11.5 Å². The fourth-order valence-corrected chi connectivity index (χ4v) is 3.19. The SMILES string of the molecule is C#CCOc1ccc(Br)cc1/C=C1\C(=O)NC(=O)N(c2ccc(CC)cc2)C1=O. The first kappa shape index (κ1) is 20.4. The molecule has 7 heteroatoms. The molecule has 4 amide bonds. The second kappa shape index (κ2) is 8.76. The number of rotatable bonds is 5. The number of hydrogen-bond acceptors (Lipinski definition) is 4. The monoisotopic (exact) mass is 452 g/mol. The van der Waals surface area contributed by atoms with Crippen LogP contribution in [0.3, 0.4) is 0 Å². The molecule has 0 unspecified atom stereocenters. The van der Waals surface area contributed by atoms with Gasteiger partial charge < -0.3 is 4.74 Å². The molecule has 1 aliphatic heterocycles. The number of benzene rings is 2. The van der Waals surface area contributed by atoms with Crippen molar-refractivity contribution in [1.29, 1.82) is 0 Å². The molecule has 1 fully saturated rings. The van der Waals surface area contributed by atoms with Crippen LogP contribution < -0.4 is 15.0 Å². The van der Waals surface area contributed by atoms with Gasteiger partial charge in [0.25, 0.3) is 11.8 Å². The Morgan fingerprint density at radius 2 is 1.90 bits per heavy atom. The molecule has 2 aromatic carbocycles. The highest BCUT2D eigenvalue weighted by atomic mass is 79.9. The number of aryl methyl sites for hydroxylation is 1. The van der Waals surface area contributed by atoms with Crippen LogP contribution in [-0.2, 0) is 16.0 Å². The van der Waals surface area contributed by atoms with E-state index in [9.17, 15) is 14.4 Å². The number of terminal acetylenes is 1. The second-order valence-electron chi connectivity index (χ2n) is 6.15. The fraction of sp³-hybridized carbons (Fsp3) is 0.136. The number of carbonyl (C=O) groups is 3. The van der Waals surface area contributed by atoms with Crippen LogP contribution in [0.15, 0.2) is 52.5 Å². The van der Waals surface area contributed by atoms with Crippen LogP contribution in [0.25, 0.3) is 6.08 Å². The Labute approximate surface area is 176 Å². The van der Waals surface area contributed by atoms with E-state index in [1.165, 1.54) is 6.08 Å². The topological polar surface area (TPSA) is 75.7 Å². The van der Waals surface area contributed by atoms with E-state index in [1.54, 1.807) is 30.3 Å². The average molecular weight is 453 g/mol. The largest absolute Gasteiger partial charge is 0.480 e. The number of anilines is 1. The summed E-state index contributed by atoms with van der Waals surface area (Å²) in [5.41, 5.74) is 1.73. The van der Waals surface area contributed by atoms with Crippen molar-refractivity contribution in [3.05, 3.63) is 63.6 Å². The van der Waals surface area contributed by atoms with Gasteiger partial charge in [0.15, 0.2) is 0 Å². The third kappa shape index (κ3) is 4.39. The maximum atomic E-state index is 13.0. The highest BCUT2D eigenvalue weighted by Gasteiger charge is 2.36. The van der Waals surface area contributed by atoms with Gasteiger partial charge in [-0.25, -0.2) is 9.69 Å². The third-order valence-corrected chi connectivity index (χ3v) is 4.78. The van der Waals surface area contributed by atoms with E-state index in [0.29, 0.717) is 17.0 Å². The summed E-state index contributed by atoms with van der Waals surface area (Å²) in [5.74, 6) is 1.29. The first-order valence-electron chi connectivity index (χ1n) is 8.80. The van der Waals surface area contributed by atoms with Crippen LogP contribution >= 0.6 is 15.9 Å². The van der Waals surface area contributed by atoms with Gasteiger partial charge in [-0.15, -0.1) is 6.42 Å². The Kier molecular flexibility index (Phi) is 6.15. The van der Waals surface area contributed by atoms with Crippen LogP contribution in [0, 0.1) is 12.3 Å². The Balaban J connectivity index is 2.01. The van der Waals surface area contributed by atoms with Crippen LogP contribution in [0.2, 0.25) is 0 Å². The number of hydrogen-bond donors (Lipinski definition) is 1. The Morgan fingerprint density at radius 3 is 2.55 bits per heavy atom. The van der Waals surface area contributed by atoms with Gasteiger partial charge in [0.2, 0.25) is 0 Å². The highest BCUT2D eigenvalue weighted by molar-refractivity contribution is 9.10. The Morgan fingerprint density at radius 1 is 1.17 bits per heavy atom. The summed E-state index contributed by atoms with van der Waals surface area (Å²) < 4.78 is 6.21. The molecule has 1 heterocycles. The first-order chi connectivity index (χ1) is 13.9. The molecule has 0 radical (unpaired) electrons. The lowest BCUT2D eigenvalue weighted by atomic mass is 10.1. The first-order valence-corrected chi connectivity index (χ1v) is 9.60. The van der Waals surface area contributed by atoms with Crippen molar-refractivity contribution >= 4 is 45.5 Å². The van der Waals surface area contributed by atoms with Crippen molar-refractivity contribution in [1.82, 2.24) is 5.32 Å². The number of imide groups is 2. The van der Waals surface area contributed by atoms with Crippen molar-refractivity contribution in [3.8, 4) is 18.1 Å². The van der Waals surface area contributed by atoms with E-state index < -0.39 is 17.8 Å². The zero-order chi connectivity index (χ0) is 21.0. The maximum absolute atomic E-state index is 13.0. The van der Waals surface area contributed by atoms with Crippen LogP contribution in [-0.4, -0.2) is 24.5 Å². The molecule has 1 saturated heterocycles. The number of nitrogens with one attached hydrogen (secondary N) is 1. The van der Waals surface area contributed by atoms with Crippen LogP contribution in [0.4, 0.5) is 10.5 Å². The summed E-state index contributed by atoms with van der Waals surface area (Å²) in [6.07, 6.45) is 7.45. The van der Waals surface area contributed by atoms with Crippen molar-refractivity contribution < 1.29 is 19.1 Å². The van der Waals surface area contributed by atoms with Crippen molar-refractivity contribution in [2.45, 2.75) is 13.3 Å². The summed E-state index contributed by atoms with van der Waals surface area (Å²) in [7, 11) is 0. The van der Waals surface area contributed by atoms with E-state index in [1.807, 2.05) is 19.1 Å². The lowest BCUT2D eigenvalue weighted by Gasteiger charge is -2.26. The predicted molar refractivity (Wildman–Crippen MR) is 113 cm³/mol. The van der Waals surface area contributed by atoms with Gasteiger partial charge in [-0.2, -0.15) is 0 Å². The molecule has 0 aromatic heterocycles. The van der Waals surface area contributed by atoms with Crippen LogP contribution in [0.5, 0.6) is 5.75 Å². The van der Waals surface area contributed by atoms with Gasteiger partial charge in [-0.3, -0.25) is 14.9 Å². The lowest BCUT2D eigenvalue weighted by molar-refractivity contribution is -0.122. The zero-order valence-corrected chi connectivity index (χ0v) is 17.2. The number of carbonyl (C=O) groups excluding carboxylic acids is 3. The van der Waals surface area contributed by atoms with Crippen molar-refractivity contribution in [3.63, 3.8) is 0 Å². The molecule has 0 bridgehead atoms. The number of urea groups is 1. The summed E-state index contributed by atoms with van der Waals surface area (Å²) in [4.78, 5) is 38.6. The number of amides is 4. The fourth-order valence-electron chi connectivity index (χ4n) is 2.81. The molecule has 29 heavy (non-hydrogen) atoms. The minimum atomic E-state index is -0.792. The molecule has 1 aliphatic rings. The normalized spacial score (nSPS) is 15.3. The molecule has 0 spiro atoms. The molecule has 3 rings (SSSR count). The number of ether oxygens (including phenoxy) is 1. The van der Waals surface area contributed by atoms with E-state index in [0.717, 1.165) is 21.4 Å². The van der Waals surface area contributed by atoms with Gasteiger partial charge in [0.05, 0.1) is 5.69 Å². The number of halogens is 1. The van der Waals surface area contributed by atoms with E-state index in [2.05, 4.69) is 27.2 Å². The third-order valence-electron chi connectivity index (χ3n) is 4.29. The number of nitrogens with zero attached hydrogens (tertiary/aromatic N) is 1. The summed E-state index contributed by atoms with van der Waals surface area (Å²) >= 11 is 3.36. The Bertz CT molecular complexity index is 1050. The quantitative estimate of drug-likeness (QED) is 0.426. The Hall–Kier alpha value is -3.37. The zero-order valence-electron chi connectivity index (χ0n) is 15.6. The molecule has 0 aliphatic carbocycles. The summed E-state index contributed by atoms with van der Waals surface area (Å²) in [6.45, 7) is 2.04. The van der Waals surface area contributed by atoms with Gasteiger partial charge in [-0.05, 0) is 48.4 Å². The van der Waals surface area contributed by atoms with Gasteiger partial charge >= 0.3 is 6.03 Å². The molecular formula is C22H17BrN2O4. The molecule has 146 valence electrons. The lowest BCUT2D eigenvalue weighted by Crippen LogP contribution is -2.54. The standard InChI is InChI=1S/C22H17BrN2O4/c1-3-11-29-19-10-7-16(23)12-15(19)13-18-20(26)24-22(28)25(21(18)27)17-8-5-14(4-2)6-9-17/h1,5-10,12-13H,4,11H2,2H3,(H,24,26,28)/b18-13+. The minimum absolute atomic E-state index is 0.0341. The summed E-state index contributed by atoms with van der Waals surface area (Å²) in [5, 5.41) is 2.21. The maximum Gasteiger partial charge on any atom is 0.335 e.